The lowest BCUT2D eigenvalue weighted by Gasteiger charge is -2.39. The van der Waals surface area contributed by atoms with Gasteiger partial charge in [0.25, 0.3) is 11.8 Å². The van der Waals surface area contributed by atoms with Crippen molar-refractivity contribution in [1.29, 1.82) is 0 Å². The Hall–Kier alpha value is -7.67. The molecule has 2 aliphatic heterocycles. The monoisotopic (exact) mass is 1200 g/mol. The van der Waals surface area contributed by atoms with Crippen molar-refractivity contribution in [2.75, 3.05) is 38.1 Å². The molecule has 1 unspecified atom stereocenters. The summed E-state index contributed by atoms with van der Waals surface area (Å²) in [4.78, 5) is 66.2. The van der Waals surface area contributed by atoms with Gasteiger partial charge in [-0.25, -0.2) is 29.9 Å². The van der Waals surface area contributed by atoms with Crippen molar-refractivity contribution in [3.63, 3.8) is 0 Å². The van der Waals surface area contributed by atoms with Crippen molar-refractivity contribution in [2.24, 2.45) is 0 Å². The van der Waals surface area contributed by atoms with E-state index < -0.39 is 57.5 Å². The summed E-state index contributed by atoms with van der Waals surface area (Å²) < 4.78 is 55.9. The molecule has 2 saturated heterocycles. The second-order valence-corrected chi connectivity index (χ2v) is 29.6. The van der Waals surface area contributed by atoms with Crippen LogP contribution < -0.4 is 20.1 Å². The average molecular weight is 1210 g/mol. The van der Waals surface area contributed by atoms with E-state index in [0.717, 1.165) is 16.7 Å². The lowest BCUT2D eigenvalue weighted by Crippen LogP contribution is -2.46. The zero-order valence-electron chi connectivity index (χ0n) is 47.8. The number of methoxy groups -OCH3 is 2. The quantitative estimate of drug-likeness (QED) is 0.0344. The highest BCUT2D eigenvalue weighted by atomic mass is 32.5. The van der Waals surface area contributed by atoms with E-state index in [2.05, 4.69) is 74.4 Å². The van der Waals surface area contributed by atoms with Crippen molar-refractivity contribution >= 4 is 72.6 Å². The van der Waals surface area contributed by atoms with Crippen LogP contribution in [0.5, 0.6) is 11.5 Å². The first kappa shape index (κ1) is 59.1. The van der Waals surface area contributed by atoms with Gasteiger partial charge in [0.15, 0.2) is 42.3 Å². The van der Waals surface area contributed by atoms with Crippen molar-refractivity contribution < 1.29 is 51.6 Å². The highest BCUT2D eigenvalue weighted by Gasteiger charge is 2.48. The molecule has 7 atom stereocenters. The van der Waals surface area contributed by atoms with Crippen LogP contribution >= 0.6 is 6.72 Å². The molecule has 6 heterocycles. The second kappa shape index (κ2) is 24.7. The fourth-order valence-electron chi connectivity index (χ4n) is 10.3. The number of carbonyl (C=O) groups excluding carboxylic acids is 2. The van der Waals surface area contributed by atoms with Crippen molar-refractivity contribution in [2.45, 2.75) is 94.2 Å². The number of carbonyl (C=O) groups is 2. The lowest BCUT2D eigenvalue weighted by atomic mass is 9.80. The molecule has 0 spiro atoms. The summed E-state index contributed by atoms with van der Waals surface area (Å²) in [7, 11) is 0.759. The molecule has 24 heteroatoms. The van der Waals surface area contributed by atoms with Gasteiger partial charge in [0, 0.05) is 24.0 Å². The van der Waals surface area contributed by atoms with E-state index in [1.54, 1.807) is 84.5 Å². The zero-order valence-corrected chi connectivity index (χ0v) is 50.6. The maximum Gasteiger partial charge on any atom is 0.324 e. The molecule has 5 aromatic carbocycles. The zero-order chi connectivity index (χ0) is 59.5. The minimum atomic E-state index is -4.20. The number of aromatic nitrogens is 8. The highest BCUT2D eigenvalue weighted by Crippen LogP contribution is 2.51. The molecule has 21 nitrogen and oxygen atoms in total. The number of amides is 2. The standard InChI is InChI=1S/C61H65N10O11PSSi/c1-60(2,3)85(6,7)82-47-32-51(71-38-67-53-55(63-36-65-57(53)71)69-59(73)40-19-13-9-14-20-40)80-49(47)34-78-83(74,84)81-46-31-50(70-37-66-52-54(62-35-64-56(52)70)68-58(72)39-17-11-8-12-18-39)79-48(46)33-77-61(41-21-15-10-16-22-41,42-23-27-44(75-4)28-24-42)43-25-29-45(76-5)30-26-43/h8-30,35-38,46-51H,31-34H2,1-7H3,(H,74,84)(H,62,64,68,72)(H,63,65,69,73)/t46-,47-,48+,49+,50+,51+,83?/m0/s1. The molecule has 440 valence electrons. The first-order valence-electron chi connectivity index (χ1n) is 27.6. The first-order valence-corrected chi connectivity index (χ1v) is 33.1. The number of anilines is 2. The van der Waals surface area contributed by atoms with E-state index in [1.807, 2.05) is 91.0 Å². The third-order valence-electron chi connectivity index (χ3n) is 15.8. The molecule has 0 bridgehead atoms. The van der Waals surface area contributed by atoms with Crippen LogP contribution in [0.3, 0.4) is 0 Å². The van der Waals surface area contributed by atoms with E-state index in [0.29, 0.717) is 51.4 Å². The SMILES string of the molecule is COc1ccc(C(OC[C@H]2O[C@@H](n3cnc4c(NC(=O)c5ccccc5)ncnc43)C[C@@H]2OP(O)(=S)OC[C@H]2O[C@@H](n3cnc4c(NC(=O)c5ccccc5)ncnc43)C[C@@H]2O[Si](C)(C)C(C)(C)C)(c2ccccc2)c2ccc(OC)cc2)cc1. The number of fused-ring (bicyclic) bond motifs is 2. The van der Waals surface area contributed by atoms with Gasteiger partial charge in [0.2, 0.25) is 0 Å². The van der Waals surface area contributed by atoms with Gasteiger partial charge in [-0.1, -0.05) is 112 Å². The summed E-state index contributed by atoms with van der Waals surface area (Å²) in [6.45, 7) is 6.25. The molecular weight excluding hydrogens is 1140 g/mol. The Labute approximate surface area is 497 Å². The van der Waals surface area contributed by atoms with Crippen LogP contribution in [0.25, 0.3) is 22.3 Å². The molecule has 0 aliphatic carbocycles. The van der Waals surface area contributed by atoms with Crippen LogP contribution in [0.4, 0.5) is 11.6 Å². The molecule has 2 aliphatic rings. The van der Waals surface area contributed by atoms with Gasteiger partial charge in [-0.05, 0) is 95.2 Å². The van der Waals surface area contributed by atoms with Gasteiger partial charge in [-0.2, -0.15) is 0 Å². The summed E-state index contributed by atoms with van der Waals surface area (Å²) in [6.07, 6.45) is 1.70. The van der Waals surface area contributed by atoms with Crippen LogP contribution in [0.1, 0.15) is 83.5 Å². The number of hydrogen-bond acceptors (Lipinski definition) is 17. The predicted octanol–water partition coefficient (Wildman–Crippen LogP) is 10.8. The van der Waals surface area contributed by atoms with Gasteiger partial charge in [-0.15, -0.1) is 0 Å². The summed E-state index contributed by atoms with van der Waals surface area (Å²) in [5.74, 6) is 1.04. The third kappa shape index (κ3) is 12.5. The van der Waals surface area contributed by atoms with E-state index in [4.69, 9.17) is 49.0 Å². The Morgan fingerprint density at radius 3 is 1.52 bits per heavy atom. The average Bonchev–Trinajstić information content (AvgIpc) is 2.34. The van der Waals surface area contributed by atoms with Gasteiger partial charge in [0.05, 0.1) is 52.3 Å². The Kier molecular flexibility index (Phi) is 17.2. The van der Waals surface area contributed by atoms with Crippen LogP contribution in [-0.4, -0.2) is 116 Å². The summed E-state index contributed by atoms with van der Waals surface area (Å²) in [5.41, 5.74) is 3.49. The first-order chi connectivity index (χ1) is 40.9. The number of benzene rings is 5. The van der Waals surface area contributed by atoms with Crippen LogP contribution in [-0.2, 0) is 45.1 Å². The number of nitrogens with one attached hydrogen (secondary N) is 2. The van der Waals surface area contributed by atoms with Crippen LogP contribution in [0.2, 0.25) is 18.1 Å². The summed E-state index contributed by atoms with van der Waals surface area (Å²) in [5, 5.41) is 5.57. The number of nitrogens with zero attached hydrogens (tertiary/aromatic N) is 8. The largest absolute Gasteiger partial charge is 0.497 e. The smallest absolute Gasteiger partial charge is 0.324 e. The maximum atomic E-state index is 13.4. The molecular formula is C61H65N10O11PSSi. The molecule has 2 fully saturated rings. The Morgan fingerprint density at radius 1 is 0.624 bits per heavy atom. The molecule has 0 radical (unpaired) electrons. The predicted molar refractivity (Wildman–Crippen MR) is 324 cm³/mol. The minimum absolute atomic E-state index is 0.112. The molecule has 0 saturated carbocycles. The van der Waals surface area contributed by atoms with Crippen molar-refractivity contribution in [3.05, 3.63) is 193 Å². The lowest BCUT2D eigenvalue weighted by molar-refractivity contribution is -0.0922. The molecule has 85 heavy (non-hydrogen) atoms. The highest BCUT2D eigenvalue weighted by molar-refractivity contribution is 8.07. The van der Waals surface area contributed by atoms with E-state index >= 15 is 0 Å². The van der Waals surface area contributed by atoms with Crippen LogP contribution in [0.15, 0.2) is 165 Å². The number of imidazole rings is 2. The number of hydrogen-bond donors (Lipinski definition) is 3. The number of ether oxygens (including phenoxy) is 5. The molecule has 11 rings (SSSR count). The Morgan fingerprint density at radius 2 is 1.06 bits per heavy atom. The van der Waals surface area contributed by atoms with Gasteiger partial charge in [-0.3, -0.25) is 18.7 Å². The maximum absolute atomic E-state index is 13.4. The van der Waals surface area contributed by atoms with Crippen molar-refractivity contribution in [1.82, 2.24) is 39.0 Å². The molecule has 4 aromatic heterocycles. The van der Waals surface area contributed by atoms with E-state index in [-0.39, 0.29) is 48.1 Å². The third-order valence-corrected chi connectivity index (χ3v) is 21.9. The Balaban J connectivity index is 0.899. The van der Waals surface area contributed by atoms with E-state index in [9.17, 15) is 14.5 Å². The summed E-state index contributed by atoms with van der Waals surface area (Å²) in [6, 6.07) is 42.8. The van der Waals surface area contributed by atoms with Crippen molar-refractivity contribution in [3.8, 4) is 11.5 Å². The van der Waals surface area contributed by atoms with Gasteiger partial charge >= 0.3 is 6.72 Å². The Bertz CT molecular complexity index is 3800. The topological polar surface area (TPSA) is 239 Å². The molecule has 2 amide bonds. The van der Waals surface area contributed by atoms with E-state index in [1.165, 1.54) is 12.7 Å². The van der Waals surface area contributed by atoms with Crippen LogP contribution in [0, 0.1) is 0 Å². The van der Waals surface area contributed by atoms with Gasteiger partial charge < -0.3 is 52.7 Å². The molecule has 9 aromatic rings. The fourth-order valence-corrected chi connectivity index (χ4v) is 13.2. The fraction of sp³-hybridized carbons (Fsp3) is 0.311. The molecule has 3 N–H and O–H groups in total. The van der Waals surface area contributed by atoms with Gasteiger partial charge in [0.1, 0.15) is 54.4 Å². The normalized spacial score (nSPS) is 19.9. The second-order valence-electron chi connectivity index (χ2n) is 22.1. The number of rotatable bonds is 21. The summed E-state index contributed by atoms with van der Waals surface area (Å²) >= 11 is 5.95. The minimum Gasteiger partial charge on any atom is -0.497 e.